The Bertz CT molecular complexity index is 455. The lowest BCUT2D eigenvalue weighted by Crippen LogP contribution is -2.49. The molecule has 1 aliphatic carbocycles. The van der Waals surface area contributed by atoms with Gasteiger partial charge in [0.15, 0.2) is 0 Å². The molecule has 1 saturated heterocycles. The van der Waals surface area contributed by atoms with Crippen LogP contribution in [0.2, 0.25) is 0 Å². The molecule has 2 fully saturated rings. The van der Waals surface area contributed by atoms with Crippen molar-refractivity contribution in [3.63, 3.8) is 0 Å². The number of hydrogen-bond donors (Lipinski definition) is 1. The molecule has 19 heavy (non-hydrogen) atoms. The largest absolute Gasteiger partial charge is 0.317 e. The zero-order chi connectivity index (χ0) is 13.5. The summed E-state index contributed by atoms with van der Waals surface area (Å²) in [7, 11) is 0. The smallest absolute Gasteiger partial charge is 0.238 e. The summed E-state index contributed by atoms with van der Waals surface area (Å²) < 4.78 is 0. The van der Waals surface area contributed by atoms with Crippen molar-refractivity contribution in [3.05, 3.63) is 22.4 Å². The predicted octanol–water partition coefficient (Wildman–Crippen LogP) is 3.15. The number of amides is 1. The van der Waals surface area contributed by atoms with E-state index in [1.807, 2.05) is 0 Å². The molecule has 3 rings (SSSR count). The molecule has 2 atom stereocenters. The predicted molar refractivity (Wildman–Crippen MR) is 77.9 cm³/mol. The number of carbonyl (C=O) groups excluding carboxylic acids is 1. The Morgan fingerprint density at radius 2 is 2.26 bits per heavy atom. The molecule has 104 valence electrons. The van der Waals surface area contributed by atoms with Crippen LogP contribution in [0.3, 0.4) is 0 Å². The van der Waals surface area contributed by atoms with E-state index in [2.05, 4.69) is 41.6 Å². The number of nitrogens with one attached hydrogen (secondary N) is 1. The van der Waals surface area contributed by atoms with Gasteiger partial charge in [0.2, 0.25) is 5.91 Å². The Kier molecular flexibility index (Phi) is 3.39. The highest BCUT2D eigenvalue weighted by Crippen LogP contribution is 2.42. The van der Waals surface area contributed by atoms with Crippen LogP contribution in [0.25, 0.3) is 0 Å². The first kappa shape index (κ1) is 13.1. The van der Waals surface area contributed by atoms with Crippen molar-refractivity contribution in [1.29, 1.82) is 0 Å². The van der Waals surface area contributed by atoms with Gasteiger partial charge >= 0.3 is 0 Å². The number of rotatable bonds is 2. The zero-order valence-corrected chi connectivity index (χ0v) is 12.5. The maximum atomic E-state index is 12.3. The SMILES string of the molecule is CC1(C)CCCCC1N1C(=O)CNC1c1cccs1. The fraction of sp³-hybridized carbons (Fsp3) is 0.667. The molecular weight excluding hydrogens is 256 g/mol. The quantitative estimate of drug-likeness (QED) is 0.901. The summed E-state index contributed by atoms with van der Waals surface area (Å²) in [6.45, 7) is 5.11. The Morgan fingerprint density at radius 3 is 2.95 bits per heavy atom. The van der Waals surface area contributed by atoms with Gasteiger partial charge in [-0.1, -0.05) is 32.8 Å². The lowest BCUT2D eigenvalue weighted by Gasteiger charge is -2.45. The molecule has 1 aromatic heterocycles. The van der Waals surface area contributed by atoms with Gasteiger partial charge in [0.1, 0.15) is 6.17 Å². The minimum atomic E-state index is 0.0925. The van der Waals surface area contributed by atoms with Gasteiger partial charge in [-0.05, 0) is 29.7 Å². The maximum Gasteiger partial charge on any atom is 0.238 e. The molecule has 1 aliphatic heterocycles. The standard InChI is InChI=1S/C15H22N2OS/c1-15(2)8-4-3-7-12(15)17-13(18)10-16-14(17)11-6-5-9-19-11/h5-6,9,12,14,16H,3-4,7-8,10H2,1-2H3. The molecule has 0 spiro atoms. The van der Waals surface area contributed by atoms with Crippen LogP contribution < -0.4 is 5.32 Å². The molecule has 1 saturated carbocycles. The maximum absolute atomic E-state index is 12.3. The monoisotopic (exact) mass is 278 g/mol. The summed E-state index contributed by atoms with van der Waals surface area (Å²) in [4.78, 5) is 15.7. The number of carbonyl (C=O) groups is 1. The van der Waals surface area contributed by atoms with Crippen LogP contribution in [-0.4, -0.2) is 23.4 Å². The van der Waals surface area contributed by atoms with Crippen molar-refractivity contribution in [2.45, 2.75) is 51.7 Å². The molecule has 2 unspecified atom stereocenters. The van der Waals surface area contributed by atoms with Crippen molar-refractivity contribution >= 4 is 17.2 Å². The molecule has 0 bridgehead atoms. The molecule has 1 N–H and O–H groups in total. The van der Waals surface area contributed by atoms with Gasteiger partial charge in [-0.2, -0.15) is 0 Å². The molecule has 3 nitrogen and oxygen atoms in total. The highest BCUT2D eigenvalue weighted by molar-refractivity contribution is 7.10. The van der Waals surface area contributed by atoms with E-state index in [9.17, 15) is 4.79 Å². The van der Waals surface area contributed by atoms with Crippen molar-refractivity contribution in [2.75, 3.05) is 6.54 Å². The summed E-state index contributed by atoms with van der Waals surface area (Å²) in [5.41, 5.74) is 0.232. The normalized spacial score (nSPS) is 30.8. The Morgan fingerprint density at radius 1 is 1.42 bits per heavy atom. The Balaban J connectivity index is 1.89. The van der Waals surface area contributed by atoms with E-state index in [1.54, 1.807) is 11.3 Å². The third-order valence-corrected chi connectivity index (χ3v) is 5.54. The molecule has 2 aliphatic rings. The Labute approximate surface area is 119 Å². The highest BCUT2D eigenvalue weighted by atomic mass is 32.1. The van der Waals surface area contributed by atoms with Crippen LogP contribution in [0.15, 0.2) is 17.5 Å². The number of nitrogens with zero attached hydrogens (tertiary/aromatic N) is 1. The van der Waals surface area contributed by atoms with E-state index < -0.39 is 0 Å². The van der Waals surface area contributed by atoms with Crippen LogP contribution in [0.1, 0.15) is 50.6 Å². The molecule has 4 heteroatoms. The van der Waals surface area contributed by atoms with Crippen LogP contribution in [-0.2, 0) is 4.79 Å². The van der Waals surface area contributed by atoms with Crippen LogP contribution in [0.5, 0.6) is 0 Å². The van der Waals surface area contributed by atoms with Gasteiger partial charge in [0.25, 0.3) is 0 Å². The van der Waals surface area contributed by atoms with Gasteiger partial charge in [-0.3, -0.25) is 10.1 Å². The fourth-order valence-electron chi connectivity index (χ4n) is 3.55. The average molecular weight is 278 g/mol. The van der Waals surface area contributed by atoms with Gasteiger partial charge in [-0.15, -0.1) is 11.3 Å². The summed E-state index contributed by atoms with van der Waals surface area (Å²) in [5.74, 6) is 0.262. The van der Waals surface area contributed by atoms with Crippen LogP contribution in [0, 0.1) is 5.41 Å². The molecule has 1 aromatic rings. The van der Waals surface area contributed by atoms with Gasteiger partial charge < -0.3 is 4.90 Å². The second-order valence-corrected chi connectivity index (χ2v) is 7.33. The molecule has 2 heterocycles. The molecular formula is C15H22N2OS. The first-order chi connectivity index (χ1) is 9.09. The summed E-state index contributed by atoms with van der Waals surface area (Å²) >= 11 is 1.73. The number of hydrogen-bond acceptors (Lipinski definition) is 3. The van der Waals surface area contributed by atoms with Crippen molar-refractivity contribution in [3.8, 4) is 0 Å². The zero-order valence-electron chi connectivity index (χ0n) is 11.7. The summed E-state index contributed by atoms with van der Waals surface area (Å²) in [6.07, 6.45) is 4.99. The second-order valence-electron chi connectivity index (χ2n) is 6.35. The first-order valence-electron chi connectivity index (χ1n) is 7.17. The molecule has 0 radical (unpaired) electrons. The Hall–Kier alpha value is -0.870. The van der Waals surface area contributed by atoms with Crippen LogP contribution >= 0.6 is 11.3 Å². The van der Waals surface area contributed by atoms with Gasteiger partial charge in [0.05, 0.1) is 6.54 Å². The lowest BCUT2D eigenvalue weighted by atomic mass is 9.72. The third-order valence-electron chi connectivity index (χ3n) is 4.61. The van der Waals surface area contributed by atoms with Crippen LogP contribution in [0.4, 0.5) is 0 Å². The minimum Gasteiger partial charge on any atom is -0.317 e. The lowest BCUT2D eigenvalue weighted by molar-refractivity contribution is -0.134. The number of thiophene rings is 1. The van der Waals surface area contributed by atoms with E-state index in [1.165, 1.54) is 24.1 Å². The van der Waals surface area contributed by atoms with Crippen molar-refractivity contribution < 1.29 is 4.79 Å². The topological polar surface area (TPSA) is 32.3 Å². The van der Waals surface area contributed by atoms with E-state index in [4.69, 9.17) is 0 Å². The second kappa shape index (κ2) is 4.91. The third kappa shape index (κ3) is 2.32. The van der Waals surface area contributed by atoms with Gasteiger partial charge in [0, 0.05) is 10.9 Å². The van der Waals surface area contributed by atoms with E-state index in [0.717, 1.165) is 6.42 Å². The van der Waals surface area contributed by atoms with E-state index in [-0.39, 0.29) is 17.5 Å². The average Bonchev–Trinajstić information content (AvgIpc) is 2.98. The van der Waals surface area contributed by atoms with Crippen molar-refractivity contribution in [2.24, 2.45) is 5.41 Å². The van der Waals surface area contributed by atoms with Gasteiger partial charge in [-0.25, -0.2) is 0 Å². The van der Waals surface area contributed by atoms with Crippen molar-refractivity contribution in [1.82, 2.24) is 10.2 Å². The summed E-state index contributed by atoms with van der Waals surface area (Å²) in [6, 6.07) is 4.56. The fourth-order valence-corrected chi connectivity index (χ4v) is 4.34. The minimum absolute atomic E-state index is 0.0925. The van der Waals surface area contributed by atoms with E-state index >= 15 is 0 Å². The first-order valence-corrected chi connectivity index (χ1v) is 8.05. The highest BCUT2D eigenvalue weighted by Gasteiger charge is 2.44. The molecule has 1 amide bonds. The summed E-state index contributed by atoms with van der Waals surface area (Å²) in [5, 5.41) is 5.47. The molecule has 0 aromatic carbocycles. The van der Waals surface area contributed by atoms with E-state index in [0.29, 0.717) is 12.6 Å².